The molecule has 1 saturated heterocycles. The maximum atomic E-state index is 10.1. The monoisotopic (exact) mass is 344 g/mol. The van der Waals surface area contributed by atoms with Crippen molar-refractivity contribution in [3.05, 3.63) is 23.5 Å². The standard InChI is InChI=1S/C15H17N3O2S.C2H3N/c1-9(19)15-17-12-7-16-11-4-6-21-14(11)13(12)18(15)10-3-2-5-20-8-10;1-2-3/h4,6-7,9-10,19H,2-3,5,8H2,1H3;1H3/t9?,10-;/m0./s1. The Bertz CT molecular complexity index is 872. The number of ether oxygens (including phenoxy) is 1. The highest BCUT2D eigenvalue weighted by molar-refractivity contribution is 7.18. The topological polar surface area (TPSA) is 84.0 Å². The number of pyridine rings is 1. The van der Waals surface area contributed by atoms with Crippen LogP contribution >= 0.6 is 11.3 Å². The number of aliphatic hydroxyl groups excluding tert-OH is 1. The van der Waals surface area contributed by atoms with Crippen molar-refractivity contribution in [2.45, 2.75) is 38.8 Å². The Hall–Kier alpha value is -2.01. The zero-order chi connectivity index (χ0) is 17.1. The fraction of sp³-hybridized carbons (Fsp3) is 0.471. The van der Waals surface area contributed by atoms with Crippen molar-refractivity contribution in [1.82, 2.24) is 14.5 Å². The molecule has 1 aliphatic heterocycles. The Labute approximate surface area is 144 Å². The third kappa shape index (κ3) is 3.00. The van der Waals surface area contributed by atoms with Crippen molar-refractivity contribution in [3.8, 4) is 6.07 Å². The third-order valence-electron chi connectivity index (χ3n) is 4.03. The molecule has 1 fully saturated rings. The van der Waals surface area contributed by atoms with Gasteiger partial charge < -0.3 is 14.4 Å². The molecule has 0 radical (unpaired) electrons. The summed E-state index contributed by atoms with van der Waals surface area (Å²) >= 11 is 1.67. The van der Waals surface area contributed by atoms with E-state index in [0.717, 1.165) is 40.7 Å². The number of nitriles is 1. The van der Waals surface area contributed by atoms with Crippen LogP contribution in [-0.4, -0.2) is 32.9 Å². The number of aromatic nitrogens is 3. The van der Waals surface area contributed by atoms with Crippen LogP contribution in [0, 0.1) is 11.3 Å². The zero-order valence-electron chi connectivity index (χ0n) is 13.8. The molecule has 2 atom stereocenters. The smallest absolute Gasteiger partial charge is 0.139 e. The molecule has 4 heterocycles. The van der Waals surface area contributed by atoms with Crippen molar-refractivity contribution in [2.75, 3.05) is 13.2 Å². The molecule has 7 heteroatoms. The quantitative estimate of drug-likeness (QED) is 0.768. The highest BCUT2D eigenvalue weighted by atomic mass is 32.1. The van der Waals surface area contributed by atoms with E-state index in [2.05, 4.69) is 14.5 Å². The summed E-state index contributed by atoms with van der Waals surface area (Å²) in [7, 11) is 0. The van der Waals surface area contributed by atoms with Gasteiger partial charge in [-0.3, -0.25) is 4.98 Å². The fourth-order valence-electron chi connectivity index (χ4n) is 3.09. The van der Waals surface area contributed by atoms with Crippen molar-refractivity contribution >= 4 is 32.6 Å². The summed E-state index contributed by atoms with van der Waals surface area (Å²) in [5, 5.41) is 19.5. The Balaban J connectivity index is 0.000000526. The van der Waals surface area contributed by atoms with E-state index in [4.69, 9.17) is 10.00 Å². The van der Waals surface area contributed by atoms with E-state index >= 15 is 0 Å². The Kier molecular flexibility index (Phi) is 5.09. The summed E-state index contributed by atoms with van der Waals surface area (Å²) in [5.74, 6) is 0.711. The second kappa shape index (κ2) is 7.26. The molecule has 0 bridgehead atoms. The lowest BCUT2D eigenvalue weighted by molar-refractivity contribution is 0.0565. The van der Waals surface area contributed by atoms with E-state index in [0.29, 0.717) is 12.4 Å². The molecule has 0 aromatic carbocycles. The summed E-state index contributed by atoms with van der Waals surface area (Å²) in [6.45, 7) is 4.70. The van der Waals surface area contributed by atoms with Crippen LogP contribution in [0.5, 0.6) is 0 Å². The second-order valence-electron chi connectivity index (χ2n) is 5.74. The van der Waals surface area contributed by atoms with E-state index in [1.807, 2.05) is 11.4 Å². The first-order valence-electron chi connectivity index (χ1n) is 7.98. The lowest BCUT2D eigenvalue weighted by Crippen LogP contribution is -2.23. The molecule has 3 aromatic rings. The van der Waals surface area contributed by atoms with Gasteiger partial charge in [-0.1, -0.05) is 0 Å². The van der Waals surface area contributed by atoms with Gasteiger partial charge >= 0.3 is 0 Å². The van der Waals surface area contributed by atoms with E-state index < -0.39 is 6.10 Å². The van der Waals surface area contributed by atoms with Gasteiger partial charge in [0.05, 0.1) is 40.6 Å². The highest BCUT2D eigenvalue weighted by Crippen LogP contribution is 2.34. The van der Waals surface area contributed by atoms with E-state index in [1.54, 1.807) is 30.5 Å². The summed E-state index contributed by atoms with van der Waals surface area (Å²) in [6, 6.07) is 4.01. The number of fused-ring (bicyclic) bond motifs is 3. The van der Waals surface area contributed by atoms with Gasteiger partial charge in [0, 0.05) is 13.5 Å². The molecule has 4 rings (SSSR count). The summed E-state index contributed by atoms with van der Waals surface area (Å²) in [6.07, 6.45) is 3.30. The van der Waals surface area contributed by atoms with Gasteiger partial charge in [0.2, 0.25) is 0 Å². The minimum atomic E-state index is -0.602. The second-order valence-corrected chi connectivity index (χ2v) is 6.65. The number of rotatable bonds is 2. The first-order valence-corrected chi connectivity index (χ1v) is 8.86. The van der Waals surface area contributed by atoms with Crippen molar-refractivity contribution in [1.29, 1.82) is 5.26 Å². The average molecular weight is 344 g/mol. The van der Waals surface area contributed by atoms with Crippen LogP contribution in [-0.2, 0) is 4.74 Å². The maximum absolute atomic E-state index is 10.1. The van der Waals surface area contributed by atoms with Crippen LogP contribution in [0.2, 0.25) is 0 Å². The average Bonchev–Trinajstić information content (AvgIpc) is 3.20. The predicted octanol–water partition coefficient (Wildman–Crippen LogP) is 3.58. The van der Waals surface area contributed by atoms with Gasteiger partial charge in [0.25, 0.3) is 0 Å². The number of imidazole rings is 1. The number of hydrogen-bond donors (Lipinski definition) is 1. The molecule has 24 heavy (non-hydrogen) atoms. The van der Waals surface area contributed by atoms with Crippen LogP contribution in [0.3, 0.4) is 0 Å². The molecule has 3 aromatic heterocycles. The highest BCUT2D eigenvalue weighted by Gasteiger charge is 2.25. The number of nitrogens with zero attached hydrogens (tertiary/aromatic N) is 4. The van der Waals surface area contributed by atoms with Gasteiger partial charge in [0.15, 0.2) is 0 Å². The molecule has 1 N–H and O–H groups in total. The molecular weight excluding hydrogens is 324 g/mol. The minimum Gasteiger partial charge on any atom is -0.385 e. The first kappa shape index (κ1) is 16.8. The lowest BCUT2D eigenvalue weighted by atomic mass is 10.1. The van der Waals surface area contributed by atoms with Crippen LogP contribution in [0.15, 0.2) is 17.6 Å². The van der Waals surface area contributed by atoms with Crippen molar-refractivity contribution < 1.29 is 9.84 Å². The molecule has 6 nitrogen and oxygen atoms in total. The minimum absolute atomic E-state index is 0.237. The third-order valence-corrected chi connectivity index (χ3v) is 4.94. The van der Waals surface area contributed by atoms with Crippen molar-refractivity contribution in [3.63, 3.8) is 0 Å². The molecule has 0 aliphatic carbocycles. The normalized spacial score (nSPS) is 18.8. The molecular formula is C17H20N4O2S. The molecule has 0 amide bonds. The van der Waals surface area contributed by atoms with Crippen LogP contribution in [0.1, 0.15) is 44.7 Å². The van der Waals surface area contributed by atoms with Crippen LogP contribution < -0.4 is 0 Å². The Morgan fingerprint density at radius 3 is 2.96 bits per heavy atom. The number of thiophene rings is 1. The molecule has 0 spiro atoms. The van der Waals surface area contributed by atoms with E-state index in [1.165, 1.54) is 6.92 Å². The van der Waals surface area contributed by atoms with E-state index in [9.17, 15) is 5.11 Å². The first-order chi connectivity index (χ1) is 11.7. The van der Waals surface area contributed by atoms with Gasteiger partial charge in [0.1, 0.15) is 17.4 Å². The molecule has 1 unspecified atom stereocenters. The number of hydrogen-bond acceptors (Lipinski definition) is 6. The van der Waals surface area contributed by atoms with Crippen LogP contribution in [0.25, 0.3) is 21.3 Å². The Morgan fingerprint density at radius 1 is 1.50 bits per heavy atom. The van der Waals surface area contributed by atoms with E-state index in [-0.39, 0.29) is 6.04 Å². The molecule has 1 aliphatic rings. The predicted molar refractivity (Wildman–Crippen MR) is 93.9 cm³/mol. The van der Waals surface area contributed by atoms with Gasteiger partial charge in [-0.25, -0.2) is 4.98 Å². The molecule has 0 saturated carbocycles. The van der Waals surface area contributed by atoms with Gasteiger partial charge in [-0.2, -0.15) is 5.26 Å². The summed E-state index contributed by atoms with van der Waals surface area (Å²) < 4.78 is 8.96. The molecule has 126 valence electrons. The Morgan fingerprint density at radius 2 is 2.29 bits per heavy atom. The maximum Gasteiger partial charge on any atom is 0.139 e. The van der Waals surface area contributed by atoms with Crippen LogP contribution in [0.4, 0.5) is 0 Å². The lowest BCUT2D eigenvalue weighted by Gasteiger charge is -2.26. The summed E-state index contributed by atoms with van der Waals surface area (Å²) in [4.78, 5) is 9.07. The summed E-state index contributed by atoms with van der Waals surface area (Å²) in [5.41, 5.74) is 2.93. The fourth-order valence-corrected chi connectivity index (χ4v) is 3.98. The largest absolute Gasteiger partial charge is 0.385 e. The number of aliphatic hydroxyl groups is 1. The van der Waals surface area contributed by atoms with Crippen molar-refractivity contribution in [2.24, 2.45) is 0 Å². The zero-order valence-corrected chi connectivity index (χ0v) is 14.6. The SMILES string of the molecule is CC#N.CC(O)c1nc2cnc3ccsc3c2n1[C@H]1CCCOC1. The van der Waals surface area contributed by atoms with Gasteiger partial charge in [-0.15, -0.1) is 11.3 Å². The van der Waals surface area contributed by atoms with Gasteiger partial charge in [-0.05, 0) is 31.2 Å².